The number of rotatable bonds is 10. The zero-order valence-electron chi connectivity index (χ0n) is 18.6. The predicted molar refractivity (Wildman–Crippen MR) is 129 cm³/mol. The zero-order chi connectivity index (χ0) is 23.8. The van der Waals surface area contributed by atoms with Gasteiger partial charge in [-0.15, -0.1) is 11.3 Å². The summed E-state index contributed by atoms with van der Waals surface area (Å²) in [7, 11) is 0. The van der Waals surface area contributed by atoms with Crippen LogP contribution in [0.15, 0.2) is 66.7 Å². The summed E-state index contributed by atoms with van der Waals surface area (Å²) in [6.45, 7) is 3.84. The van der Waals surface area contributed by atoms with Gasteiger partial charge in [0, 0.05) is 6.04 Å². The van der Waals surface area contributed by atoms with Crippen LogP contribution in [-0.4, -0.2) is 35.6 Å². The number of esters is 1. The van der Waals surface area contributed by atoms with Gasteiger partial charge in [0.25, 0.3) is 5.91 Å². The molecule has 7 heteroatoms. The molecule has 0 radical (unpaired) electrons. The number of aromatic carboxylic acids is 1. The molecule has 3 rings (SSSR count). The van der Waals surface area contributed by atoms with E-state index in [0.717, 1.165) is 28.0 Å². The molecule has 2 N–H and O–H groups in total. The van der Waals surface area contributed by atoms with Crippen LogP contribution in [0.2, 0.25) is 0 Å². The van der Waals surface area contributed by atoms with Crippen molar-refractivity contribution in [1.82, 2.24) is 5.32 Å². The van der Waals surface area contributed by atoms with Gasteiger partial charge in [-0.05, 0) is 48.6 Å². The molecule has 0 bridgehead atoms. The normalized spacial score (nSPS) is 12.5. The van der Waals surface area contributed by atoms with E-state index in [2.05, 4.69) is 5.32 Å². The maximum absolute atomic E-state index is 12.8. The standard InChI is InChI=1S/C26H27NO5S/c1-3-32-26(31)17(2)15-21(27-24(28)22-13-14-23(33-22)25(29)30)16-18-9-11-20(12-10-18)19-7-5-4-6-8-19/h4-14,17,21H,3,15-16H2,1-2H3,(H,27,28)(H,29,30). The first-order valence-corrected chi connectivity index (χ1v) is 11.6. The monoisotopic (exact) mass is 465 g/mol. The molecule has 0 saturated heterocycles. The molecule has 2 unspecified atom stereocenters. The molecular weight excluding hydrogens is 438 g/mol. The first-order valence-electron chi connectivity index (χ1n) is 10.8. The van der Waals surface area contributed by atoms with Crippen LogP contribution in [0.1, 0.15) is 45.2 Å². The van der Waals surface area contributed by atoms with Gasteiger partial charge >= 0.3 is 11.9 Å². The van der Waals surface area contributed by atoms with E-state index in [4.69, 9.17) is 9.84 Å². The molecule has 33 heavy (non-hydrogen) atoms. The van der Waals surface area contributed by atoms with Crippen LogP contribution in [-0.2, 0) is 16.0 Å². The Morgan fingerprint density at radius 1 is 0.939 bits per heavy atom. The largest absolute Gasteiger partial charge is 0.477 e. The van der Waals surface area contributed by atoms with E-state index < -0.39 is 11.9 Å². The van der Waals surface area contributed by atoms with Gasteiger partial charge in [-0.1, -0.05) is 61.5 Å². The highest BCUT2D eigenvalue weighted by atomic mass is 32.1. The Kier molecular flexibility index (Phi) is 8.38. The molecule has 1 aromatic heterocycles. The minimum Gasteiger partial charge on any atom is -0.477 e. The predicted octanol–water partition coefficient (Wildman–Crippen LogP) is 5.04. The Morgan fingerprint density at radius 2 is 1.58 bits per heavy atom. The average molecular weight is 466 g/mol. The summed E-state index contributed by atoms with van der Waals surface area (Å²) >= 11 is 0.927. The van der Waals surface area contributed by atoms with Crippen molar-refractivity contribution >= 4 is 29.2 Å². The fourth-order valence-electron chi connectivity index (χ4n) is 3.58. The second-order valence-electron chi connectivity index (χ2n) is 7.80. The number of benzene rings is 2. The summed E-state index contributed by atoms with van der Waals surface area (Å²) in [5.41, 5.74) is 3.24. The fourth-order valence-corrected chi connectivity index (χ4v) is 4.33. The SMILES string of the molecule is CCOC(=O)C(C)CC(Cc1ccc(-c2ccccc2)cc1)NC(=O)c1ccc(C(=O)O)s1. The highest BCUT2D eigenvalue weighted by Gasteiger charge is 2.23. The van der Waals surface area contributed by atoms with E-state index >= 15 is 0 Å². The third kappa shape index (κ3) is 6.76. The minimum absolute atomic E-state index is 0.105. The van der Waals surface area contributed by atoms with Gasteiger partial charge in [0.05, 0.1) is 17.4 Å². The number of hydrogen-bond donors (Lipinski definition) is 2. The highest BCUT2D eigenvalue weighted by molar-refractivity contribution is 7.15. The lowest BCUT2D eigenvalue weighted by atomic mass is 9.95. The topological polar surface area (TPSA) is 92.7 Å². The van der Waals surface area contributed by atoms with E-state index in [1.165, 1.54) is 12.1 Å². The molecule has 0 spiro atoms. The summed E-state index contributed by atoms with van der Waals surface area (Å²) in [4.78, 5) is 36.5. The van der Waals surface area contributed by atoms with Crippen LogP contribution >= 0.6 is 11.3 Å². The Hall–Kier alpha value is -3.45. The molecule has 0 aliphatic heterocycles. The first kappa shape index (κ1) is 24.2. The molecule has 1 amide bonds. The summed E-state index contributed by atoms with van der Waals surface area (Å²) < 4.78 is 5.12. The van der Waals surface area contributed by atoms with Crippen LogP contribution in [0.5, 0.6) is 0 Å². The Morgan fingerprint density at radius 3 is 2.18 bits per heavy atom. The molecular formula is C26H27NO5S. The molecule has 0 aliphatic rings. The number of amides is 1. The first-order chi connectivity index (χ1) is 15.9. The average Bonchev–Trinajstić information content (AvgIpc) is 3.31. The summed E-state index contributed by atoms with van der Waals surface area (Å²) in [5, 5.41) is 12.1. The maximum Gasteiger partial charge on any atom is 0.345 e. The maximum atomic E-state index is 12.8. The van der Waals surface area contributed by atoms with Gasteiger partial charge in [-0.3, -0.25) is 9.59 Å². The molecule has 2 atom stereocenters. The number of carbonyl (C=O) groups is 3. The van der Waals surface area contributed by atoms with Crippen molar-refractivity contribution in [2.24, 2.45) is 5.92 Å². The smallest absolute Gasteiger partial charge is 0.345 e. The number of carboxylic acid groups (broad SMARTS) is 1. The van der Waals surface area contributed by atoms with Gasteiger partial charge in [-0.2, -0.15) is 0 Å². The van der Waals surface area contributed by atoms with E-state index in [0.29, 0.717) is 24.3 Å². The molecule has 0 fully saturated rings. The van der Waals surface area contributed by atoms with Crippen LogP contribution in [0.3, 0.4) is 0 Å². The van der Waals surface area contributed by atoms with Crippen molar-refractivity contribution in [2.45, 2.75) is 32.7 Å². The van der Waals surface area contributed by atoms with Crippen molar-refractivity contribution < 1.29 is 24.2 Å². The Bertz CT molecular complexity index is 1090. The van der Waals surface area contributed by atoms with Gasteiger partial charge < -0.3 is 15.2 Å². The molecule has 2 aromatic carbocycles. The van der Waals surface area contributed by atoms with Crippen molar-refractivity contribution in [3.05, 3.63) is 82.0 Å². The summed E-state index contributed by atoms with van der Waals surface area (Å²) in [6, 6.07) is 20.8. The van der Waals surface area contributed by atoms with Gasteiger partial charge in [-0.25, -0.2) is 4.79 Å². The molecule has 0 saturated carbocycles. The number of hydrogen-bond acceptors (Lipinski definition) is 5. The Labute approximate surface area is 197 Å². The number of nitrogens with one attached hydrogen (secondary N) is 1. The lowest BCUT2D eigenvalue weighted by Crippen LogP contribution is -2.38. The molecule has 3 aromatic rings. The fraction of sp³-hybridized carbons (Fsp3) is 0.269. The third-order valence-corrected chi connectivity index (χ3v) is 6.32. The van der Waals surface area contributed by atoms with E-state index in [9.17, 15) is 14.4 Å². The van der Waals surface area contributed by atoms with Crippen molar-refractivity contribution in [3.63, 3.8) is 0 Å². The quantitative estimate of drug-likeness (QED) is 0.409. The van der Waals surface area contributed by atoms with Crippen LogP contribution in [0, 0.1) is 5.92 Å². The molecule has 172 valence electrons. The van der Waals surface area contributed by atoms with Crippen LogP contribution < -0.4 is 5.32 Å². The lowest BCUT2D eigenvalue weighted by molar-refractivity contribution is -0.147. The van der Waals surface area contributed by atoms with Crippen molar-refractivity contribution in [2.75, 3.05) is 6.61 Å². The van der Waals surface area contributed by atoms with Gasteiger partial charge in [0.2, 0.25) is 0 Å². The van der Waals surface area contributed by atoms with E-state index in [1.54, 1.807) is 13.8 Å². The molecule has 1 heterocycles. The second kappa shape index (κ2) is 11.4. The van der Waals surface area contributed by atoms with Gasteiger partial charge in [0.1, 0.15) is 4.88 Å². The lowest BCUT2D eigenvalue weighted by Gasteiger charge is -2.22. The summed E-state index contributed by atoms with van der Waals surface area (Å²) in [6.07, 6.45) is 0.934. The second-order valence-corrected chi connectivity index (χ2v) is 8.88. The zero-order valence-corrected chi connectivity index (χ0v) is 19.4. The number of ether oxygens (including phenoxy) is 1. The Balaban J connectivity index is 1.75. The highest BCUT2D eigenvalue weighted by Crippen LogP contribution is 2.22. The van der Waals surface area contributed by atoms with Crippen LogP contribution in [0.25, 0.3) is 11.1 Å². The van der Waals surface area contributed by atoms with Gasteiger partial charge in [0.15, 0.2) is 0 Å². The van der Waals surface area contributed by atoms with Crippen molar-refractivity contribution in [1.29, 1.82) is 0 Å². The number of carboxylic acids is 1. The minimum atomic E-state index is -1.06. The number of thiophene rings is 1. The third-order valence-electron chi connectivity index (χ3n) is 5.25. The summed E-state index contributed by atoms with van der Waals surface area (Å²) in [5.74, 6) is -2.11. The number of carbonyl (C=O) groups excluding carboxylic acids is 2. The molecule has 6 nitrogen and oxygen atoms in total. The van der Waals surface area contributed by atoms with E-state index in [1.807, 2.05) is 54.6 Å². The van der Waals surface area contributed by atoms with Crippen LogP contribution in [0.4, 0.5) is 0 Å². The molecule has 0 aliphatic carbocycles. The van der Waals surface area contributed by atoms with E-state index in [-0.39, 0.29) is 22.8 Å². The van der Waals surface area contributed by atoms with Crippen molar-refractivity contribution in [3.8, 4) is 11.1 Å².